The third-order valence-electron chi connectivity index (χ3n) is 2.57. The summed E-state index contributed by atoms with van der Waals surface area (Å²) in [6, 6.07) is 8.87. The smallest absolute Gasteiger partial charge is 0.335 e. The minimum absolute atomic E-state index is 0.308. The molecule has 0 atom stereocenters. The lowest BCUT2D eigenvalue weighted by molar-refractivity contribution is 0.0696. The van der Waals surface area contributed by atoms with E-state index in [1.165, 1.54) is 0 Å². The van der Waals surface area contributed by atoms with E-state index in [0.29, 0.717) is 17.9 Å². The Morgan fingerprint density at radius 2 is 2.22 bits per heavy atom. The van der Waals surface area contributed by atoms with Gasteiger partial charge in [0.15, 0.2) is 0 Å². The maximum Gasteiger partial charge on any atom is 0.335 e. The van der Waals surface area contributed by atoms with Crippen LogP contribution in [-0.2, 0) is 6.61 Å². The zero-order chi connectivity index (χ0) is 13.0. The Morgan fingerprint density at radius 3 is 2.89 bits per heavy atom. The molecule has 0 aliphatic heterocycles. The van der Waals surface area contributed by atoms with E-state index in [1.54, 1.807) is 43.6 Å². The van der Waals surface area contributed by atoms with E-state index >= 15 is 0 Å². The second kappa shape index (κ2) is 5.31. The Hall–Kier alpha value is -2.36. The second-order valence-corrected chi connectivity index (χ2v) is 3.93. The molecule has 0 spiro atoms. The summed E-state index contributed by atoms with van der Waals surface area (Å²) in [5, 5.41) is 9.02. The van der Waals surface area contributed by atoms with Crippen LogP contribution >= 0.6 is 0 Å². The summed E-state index contributed by atoms with van der Waals surface area (Å²) in [7, 11) is 0. The van der Waals surface area contributed by atoms with Gasteiger partial charge in [-0.1, -0.05) is 12.1 Å². The van der Waals surface area contributed by atoms with Crippen LogP contribution in [0, 0.1) is 6.92 Å². The van der Waals surface area contributed by atoms with E-state index in [2.05, 4.69) is 4.98 Å². The lowest BCUT2D eigenvalue weighted by Crippen LogP contribution is -2.03. The summed E-state index contributed by atoms with van der Waals surface area (Å²) in [5.74, 6) is -0.259. The molecule has 4 heteroatoms. The van der Waals surface area contributed by atoms with Crippen LogP contribution in [0.1, 0.15) is 21.5 Å². The zero-order valence-corrected chi connectivity index (χ0v) is 9.96. The highest BCUT2D eigenvalue weighted by molar-refractivity contribution is 5.89. The highest BCUT2D eigenvalue weighted by Crippen LogP contribution is 2.14. The molecule has 2 aromatic rings. The lowest BCUT2D eigenvalue weighted by Gasteiger charge is -2.07. The molecule has 0 amide bonds. The van der Waals surface area contributed by atoms with Crippen molar-refractivity contribution >= 4 is 5.97 Å². The molecule has 0 fully saturated rings. The predicted octanol–water partition coefficient (Wildman–Crippen LogP) is 2.67. The Bertz CT molecular complexity index is 552. The van der Waals surface area contributed by atoms with Crippen molar-refractivity contribution in [3.8, 4) is 5.75 Å². The molecule has 0 saturated carbocycles. The second-order valence-electron chi connectivity index (χ2n) is 3.93. The van der Waals surface area contributed by atoms with Gasteiger partial charge in [0.1, 0.15) is 12.4 Å². The maximum absolute atomic E-state index is 11.0. The third-order valence-corrected chi connectivity index (χ3v) is 2.57. The predicted molar refractivity (Wildman–Crippen MR) is 66.7 cm³/mol. The fraction of sp³-hybridized carbons (Fsp3) is 0.143. The summed E-state index contributed by atoms with van der Waals surface area (Å²) in [5.41, 5.74) is 1.87. The molecule has 4 nitrogen and oxygen atoms in total. The number of benzene rings is 1. The Kier molecular flexibility index (Phi) is 3.57. The first-order valence-corrected chi connectivity index (χ1v) is 5.52. The number of aromatic carboxylic acids is 1. The number of aryl methyl sites for hydroxylation is 1. The topological polar surface area (TPSA) is 59.4 Å². The van der Waals surface area contributed by atoms with E-state index in [1.807, 2.05) is 6.07 Å². The fourth-order valence-corrected chi connectivity index (χ4v) is 1.59. The molecular weight excluding hydrogens is 230 g/mol. The minimum Gasteiger partial charge on any atom is -0.487 e. The number of hydrogen-bond donors (Lipinski definition) is 1. The van der Waals surface area contributed by atoms with Gasteiger partial charge in [-0.3, -0.25) is 4.98 Å². The quantitative estimate of drug-likeness (QED) is 0.896. The van der Waals surface area contributed by atoms with Crippen LogP contribution in [0.4, 0.5) is 0 Å². The van der Waals surface area contributed by atoms with Gasteiger partial charge in [-0.15, -0.1) is 0 Å². The summed E-state index contributed by atoms with van der Waals surface area (Å²) in [4.78, 5) is 14.9. The van der Waals surface area contributed by atoms with Gasteiger partial charge >= 0.3 is 5.97 Å². The van der Waals surface area contributed by atoms with Crippen molar-refractivity contribution in [3.05, 3.63) is 59.4 Å². The van der Waals surface area contributed by atoms with Gasteiger partial charge in [-0.2, -0.15) is 0 Å². The van der Waals surface area contributed by atoms with Gasteiger partial charge in [-0.25, -0.2) is 4.79 Å². The molecule has 1 N–H and O–H groups in total. The first kappa shape index (κ1) is 12.1. The number of carbonyl (C=O) groups is 1. The molecule has 1 aromatic carbocycles. The number of ether oxygens (including phenoxy) is 1. The number of hydrogen-bond acceptors (Lipinski definition) is 3. The van der Waals surface area contributed by atoms with Crippen LogP contribution in [0.5, 0.6) is 5.75 Å². The fourth-order valence-electron chi connectivity index (χ4n) is 1.59. The zero-order valence-electron chi connectivity index (χ0n) is 9.96. The van der Waals surface area contributed by atoms with E-state index in [-0.39, 0.29) is 0 Å². The van der Waals surface area contributed by atoms with Crippen LogP contribution < -0.4 is 4.74 Å². The summed E-state index contributed by atoms with van der Waals surface area (Å²) in [6.45, 7) is 2.10. The molecule has 0 bridgehead atoms. The average molecular weight is 243 g/mol. The summed E-state index contributed by atoms with van der Waals surface area (Å²) in [6.07, 6.45) is 3.29. The number of aromatic nitrogens is 1. The van der Waals surface area contributed by atoms with Gasteiger partial charge in [0, 0.05) is 6.20 Å². The Balaban J connectivity index is 2.11. The molecule has 1 heterocycles. The molecule has 2 rings (SSSR count). The van der Waals surface area contributed by atoms with Crippen LogP contribution in [0.3, 0.4) is 0 Å². The molecule has 0 radical (unpaired) electrons. The molecule has 18 heavy (non-hydrogen) atoms. The molecule has 0 aliphatic carbocycles. The van der Waals surface area contributed by atoms with Gasteiger partial charge < -0.3 is 9.84 Å². The van der Waals surface area contributed by atoms with Gasteiger partial charge in [-0.05, 0) is 36.2 Å². The monoisotopic (exact) mass is 243 g/mol. The van der Waals surface area contributed by atoms with Gasteiger partial charge in [0.05, 0.1) is 11.8 Å². The SMILES string of the molecule is Cc1ccc(COc2cccnc2)cc1C(=O)O. The van der Waals surface area contributed by atoms with Crippen molar-refractivity contribution in [1.29, 1.82) is 0 Å². The van der Waals surface area contributed by atoms with Crippen molar-refractivity contribution in [2.24, 2.45) is 0 Å². The van der Waals surface area contributed by atoms with Gasteiger partial charge in [0.2, 0.25) is 0 Å². The molecule has 1 aromatic heterocycles. The van der Waals surface area contributed by atoms with Crippen molar-refractivity contribution in [2.75, 3.05) is 0 Å². The normalized spacial score (nSPS) is 10.1. The molecule has 0 aliphatic rings. The van der Waals surface area contributed by atoms with Crippen LogP contribution in [-0.4, -0.2) is 16.1 Å². The standard InChI is InChI=1S/C14H13NO3/c1-10-4-5-11(7-13(10)14(16)17)9-18-12-3-2-6-15-8-12/h2-8H,9H2,1H3,(H,16,17). The number of carboxylic acids is 1. The van der Waals surface area contributed by atoms with Crippen molar-refractivity contribution in [3.63, 3.8) is 0 Å². The van der Waals surface area contributed by atoms with E-state index in [0.717, 1.165) is 11.1 Å². The Labute approximate surface area is 105 Å². The van der Waals surface area contributed by atoms with Crippen LogP contribution in [0.25, 0.3) is 0 Å². The lowest BCUT2D eigenvalue weighted by atomic mass is 10.1. The van der Waals surface area contributed by atoms with Crippen molar-refractivity contribution in [1.82, 2.24) is 4.98 Å². The molecular formula is C14H13NO3. The van der Waals surface area contributed by atoms with E-state index in [9.17, 15) is 4.79 Å². The number of nitrogens with zero attached hydrogens (tertiary/aromatic N) is 1. The number of rotatable bonds is 4. The summed E-state index contributed by atoms with van der Waals surface area (Å²) < 4.78 is 5.51. The van der Waals surface area contributed by atoms with Crippen LogP contribution in [0.2, 0.25) is 0 Å². The molecule has 0 saturated heterocycles. The van der Waals surface area contributed by atoms with E-state index in [4.69, 9.17) is 9.84 Å². The highest BCUT2D eigenvalue weighted by Gasteiger charge is 2.07. The highest BCUT2D eigenvalue weighted by atomic mass is 16.5. The molecule has 0 unspecified atom stereocenters. The van der Waals surface area contributed by atoms with E-state index < -0.39 is 5.97 Å². The first-order chi connectivity index (χ1) is 8.66. The first-order valence-electron chi connectivity index (χ1n) is 5.52. The number of pyridine rings is 1. The Morgan fingerprint density at radius 1 is 1.39 bits per heavy atom. The van der Waals surface area contributed by atoms with Crippen LogP contribution in [0.15, 0.2) is 42.7 Å². The summed E-state index contributed by atoms with van der Waals surface area (Å²) >= 11 is 0. The van der Waals surface area contributed by atoms with Crippen molar-refractivity contribution in [2.45, 2.75) is 13.5 Å². The largest absolute Gasteiger partial charge is 0.487 e. The molecule has 92 valence electrons. The number of carboxylic acid groups (broad SMARTS) is 1. The minimum atomic E-state index is -0.921. The van der Waals surface area contributed by atoms with Crippen molar-refractivity contribution < 1.29 is 14.6 Å². The average Bonchev–Trinajstić information content (AvgIpc) is 2.38. The van der Waals surface area contributed by atoms with Gasteiger partial charge in [0.25, 0.3) is 0 Å². The maximum atomic E-state index is 11.0. The third kappa shape index (κ3) is 2.85.